The van der Waals surface area contributed by atoms with E-state index in [0.717, 1.165) is 12.8 Å². The largest absolute Gasteiger partial charge is 0.296 e. The smallest absolute Gasteiger partial charge is 0.158 e. The van der Waals surface area contributed by atoms with Gasteiger partial charge in [-0.15, -0.1) is 0 Å². The molecule has 0 unspecified atom stereocenters. The Labute approximate surface area is 93.3 Å². The summed E-state index contributed by atoms with van der Waals surface area (Å²) >= 11 is 0. The van der Waals surface area contributed by atoms with Crippen LogP contribution >= 0.6 is 0 Å². The molecule has 1 aliphatic rings. The van der Waals surface area contributed by atoms with Gasteiger partial charge in [0.1, 0.15) is 0 Å². The molecule has 1 saturated heterocycles. The van der Waals surface area contributed by atoms with Crippen molar-refractivity contribution in [1.29, 1.82) is 0 Å². The van der Waals surface area contributed by atoms with Gasteiger partial charge in [0.2, 0.25) is 0 Å². The lowest BCUT2D eigenvalue weighted by atomic mass is 9.72. The molecular formula is C13H23NO. The van der Waals surface area contributed by atoms with Crippen LogP contribution in [0.15, 0.2) is 12.7 Å². The summed E-state index contributed by atoms with van der Waals surface area (Å²) in [5.74, 6) is 0.341. The van der Waals surface area contributed by atoms with Gasteiger partial charge in [-0.05, 0) is 53.7 Å². The second kappa shape index (κ2) is 3.75. The van der Waals surface area contributed by atoms with Crippen LogP contribution in [0.1, 0.15) is 40.5 Å². The normalized spacial score (nSPS) is 26.2. The number of nitrogens with zero attached hydrogens (tertiary/aromatic N) is 1. The Kier molecular flexibility index (Phi) is 3.11. The summed E-state index contributed by atoms with van der Waals surface area (Å²) in [6.07, 6.45) is 3.33. The molecule has 0 N–H and O–H groups in total. The van der Waals surface area contributed by atoms with Crippen molar-refractivity contribution in [2.75, 3.05) is 7.05 Å². The monoisotopic (exact) mass is 209 g/mol. The van der Waals surface area contributed by atoms with Crippen LogP contribution in [0.3, 0.4) is 0 Å². The maximum absolute atomic E-state index is 11.7. The predicted molar refractivity (Wildman–Crippen MR) is 63.8 cm³/mol. The summed E-state index contributed by atoms with van der Waals surface area (Å²) < 4.78 is 0. The van der Waals surface area contributed by atoms with Crippen molar-refractivity contribution in [3.8, 4) is 0 Å². The highest BCUT2D eigenvalue weighted by Crippen LogP contribution is 2.40. The van der Waals surface area contributed by atoms with Crippen LogP contribution in [-0.2, 0) is 4.79 Å². The lowest BCUT2D eigenvalue weighted by Gasteiger charge is -2.53. The molecule has 0 radical (unpaired) electrons. The SMILES string of the molecule is C=CC(=O)C1CC(C)(C)N(C)C(C)(C)C1. The maximum atomic E-state index is 11.7. The Morgan fingerprint density at radius 1 is 1.27 bits per heavy atom. The van der Waals surface area contributed by atoms with Gasteiger partial charge < -0.3 is 0 Å². The first-order valence-electron chi connectivity index (χ1n) is 5.61. The van der Waals surface area contributed by atoms with Gasteiger partial charge in [-0.3, -0.25) is 9.69 Å². The summed E-state index contributed by atoms with van der Waals surface area (Å²) in [7, 11) is 2.15. The molecule has 0 aromatic carbocycles. The van der Waals surface area contributed by atoms with Crippen molar-refractivity contribution in [3.05, 3.63) is 12.7 Å². The Morgan fingerprint density at radius 3 is 2.00 bits per heavy atom. The predicted octanol–water partition coefficient (Wildman–Crippen LogP) is 2.64. The van der Waals surface area contributed by atoms with E-state index in [1.165, 1.54) is 6.08 Å². The van der Waals surface area contributed by atoms with Crippen molar-refractivity contribution in [2.24, 2.45) is 5.92 Å². The fourth-order valence-corrected chi connectivity index (χ4v) is 2.74. The number of likely N-dealkylation sites (tertiary alicyclic amines) is 1. The molecule has 1 heterocycles. The maximum Gasteiger partial charge on any atom is 0.158 e. The van der Waals surface area contributed by atoms with E-state index in [0.29, 0.717) is 0 Å². The number of hydrogen-bond donors (Lipinski definition) is 0. The van der Waals surface area contributed by atoms with Crippen molar-refractivity contribution in [3.63, 3.8) is 0 Å². The van der Waals surface area contributed by atoms with E-state index in [1.54, 1.807) is 0 Å². The number of allylic oxidation sites excluding steroid dienone is 1. The van der Waals surface area contributed by atoms with Gasteiger partial charge in [0.05, 0.1) is 0 Å². The third kappa shape index (κ3) is 2.31. The number of ketones is 1. The van der Waals surface area contributed by atoms with E-state index >= 15 is 0 Å². The Bertz CT molecular complexity index is 260. The van der Waals surface area contributed by atoms with Gasteiger partial charge in [-0.25, -0.2) is 0 Å². The average molecular weight is 209 g/mol. The van der Waals surface area contributed by atoms with Crippen LogP contribution < -0.4 is 0 Å². The molecule has 0 bridgehead atoms. The second-order valence-corrected chi connectivity index (χ2v) is 5.90. The molecule has 1 rings (SSSR count). The molecule has 2 nitrogen and oxygen atoms in total. The summed E-state index contributed by atoms with van der Waals surface area (Å²) in [5.41, 5.74) is 0.177. The molecule has 15 heavy (non-hydrogen) atoms. The lowest BCUT2D eigenvalue weighted by molar-refractivity contribution is -0.125. The highest BCUT2D eigenvalue weighted by molar-refractivity contribution is 5.91. The van der Waals surface area contributed by atoms with Crippen molar-refractivity contribution in [2.45, 2.75) is 51.6 Å². The van der Waals surface area contributed by atoms with Crippen LogP contribution in [-0.4, -0.2) is 28.8 Å². The number of hydrogen-bond acceptors (Lipinski definition) is 2. The Balaban J connectivity index is 2.93. The van der Waals surface area contributed by atoms with Gasteiger partial charge in [0.15, 0.2) is 5.78 Å². The lowest BCUT2D eigenvalue weighted by Crippen LogP contribution is -2.59. The van der Waals surface area contributed by atoms with Crippen LogP contribution in [0.5, 0.6) is 0 Å². The molecule has 1 aliphatic heterocycles. The molecule has 2 heteroatoms. The summed E-state index contributed by atoms with van der Waals surface area (Å²) in [5, 5.41) is 0. The highest BCUT2D eigenvalue weighted by Gasteiger charge is 2.44. The molecule has 0 aromatic rings. The summed E-state index contributed by atoms with van der Waals surface area (Å²) in [4.78, 5) is 14.1. The number of rotatable bonds is 2. The number of carbonyl (C=O) groups is 1. The van der Waals surface area contributed by atoms with Gasteiger partial charge in [0, 0.05) is 17.0 Å². The second-order valence-electron chi connectivity index (χ2n) is 5.90. The fraction of sp³-hybridized carbons (Fsp3) is 0.769. The third-order valence-electron chi connectivity index (χ3n) is 3.91. The molecule has 0 atom stereocenters. The molecule has 1 fully saturated rings. The Hall–Kier alpha value is -0.630. The molecule has 0 amide bonds. The standard InChI is InChI=1S/C13H23NO/c1-7-11(15)10-8-12(2,3)14(6)13(4,5)9-10/h7,10H,1,8-9H2,2-6H3. The molecule has 0 spiro atoms. The highest BCUT2D eigenvalue weighted by atomic mass is 16.1. The van der Waals surface area contributed by atoms with Crippen molar-refractivity contribution >= 4 is 5.78 Å². The minimum atomic E-state index is 0.0884. The first-order chi connectivity index (χ1) is 6.70. The van der Waals surface area contributed by atoms with Crippen molar-refractivity contribution < 1.29 is 4.79 Å². The van der Waals surface area contributed by atoms with Crippen LogP contribution in [0.4, 0.5) is 0 Å². The number of piperidine rings is 1. The molecule has 0 saturated carbocycles. The minimum absolute atomic E-state index is 0.0884. The summed E-state index contributed by atoms with van der Waals surface area (Å²) in [6.45, 7) is 12.4. The van der Waals surface area contributed by atoms with E-state index in [1.807, 2.05) is 0 Å². The molecule has 0 aromatic heterocycles. The van der Waals surface area contributed by atoms with Crippen LogP contribution in [0.2, 0.25) is 0 Å². The van der Waals surface area contributed by atoms with E-state index in [4.69, 9.17) is 0 Å². The van der Waals surface area contributed by atoms with Gasteiger partial charge in [-0.2, -0.15) is 0 Å². The van der Waals surface area contributed by atoms with E-state index in [9.17, 15) is 4.79 Å². The molecular weight excluding hydrogens is 186 g/mol. The average Bonchev–Trinajstić information content (AvgIpc) is 2.11. The zero-order valence-corrected chi connectivity index (χ0v) is 10.6. The van der Waals surface area contributed by atoms with E-state index in [-0.39, 0.29) is 22.8 Å². The first-order valence-corrected chi connectivity index (χ1v) is 5.61. The van der Waals surface area contributed by atoms with Gasteiger partial charge in [-0.1, -0.05) is 6.58 Å². The van der Waals surface area contributed by atoms with E-state index in [2.05, 4.69) is 46.2 Å². The van der Waals surface area contributed by atoms with Crippen LogP contribution in [0.25, 0.3) is 0 Å². The molecule has 86 valence electrons. The number of carbonyl (C=O) groups excluding carboxylic acids is 1. The zero-order chi connectivity index (χ0) is 11.9. The minimum Gasteiger partial charge on any atom is -0.296 e. The summed E-state index contributed by atoms with van der Waals surface area (Å²) in [6, 6.07) is 0. The zero-order valence-electron chi connectivity index (χ0n) is 10.6. The first kappa shape index (κ1) is 12.4. The topological polar surface area (TPSA) is 20.3 Å². The molecule has 0 aliphatic carbocycles. The third-order valence-corrected chi connectivity index (χ3v) is 3.91. The van der Waals surface area contributed by atoms with Crippen LogP contribution in [0, 0.1) is 5.92 Å². The van der Waals surface area contributed by atoms with Gasteiger partial charge in [0.25, 0.3) is 0 Å². The van der Waals surface area contributed by atoms with Gasteiger partial charge >= 0.3 is 0 Å². The van der Waals surface area contributed by atoms with E-state index < -0.39 is 0 Å². The van der Waals surface area contributed by atoms with Crippen molar-refractivity contribution in [1.82, 2.24) is 4.90 Å². The fourth-order valence-electron chi connectivity index (χ4n) is 2.74. The quantitative estimate of drug-likeness (QED) is 0.652. The Morgan fingerprint density at radius 2 is 1.67 bits per heavy atom.